The molecule has 0 unspecified atom stereocenters. The van der Waals surface area contributed by atoms with E-state index in [1.54, 1.807) is 6.20 Å². The van der Waals surface area contributed by atoms with Gasteiger partial charge in [0.2, 0.25) is 10.0 Å². The highest BCUT2D eigenvalue weighted by molar-refractivity contribution is 7.88. The Morgan fingerprint density at radius 1 is 1.41 bits per heavy atom. The molecular formula is C10H18N4O2S. The molecule has 0 saturated carbocycles. The van der Waals surface area contributed by atoms with E-state index in [9.17, 15) is 8.42 Å². The first-order valence-corrected chi connectivity index (χ1v) is 7.18. The molecule has 0 atom stereocenters. The molecule has 0 bridgehead atoms. The van der Waals surface area contributed by atoms with E-state index in [0.29, 0.717) is 31.0 Å². The van der Waals surface area contributed by atoms with E-state index in [0.717, 1.165) is 11.8 Å². The lowest BCUT2D eigenvalue weighted by atomic mass is 10.3. The van der Waals surface area contributed by atoms with Crippen LogP contribution in [-0.2, 0) is 10.0 Å². The lowest BCUT2D eigenvalue weighted by Crippen LogP contribution is -2.24. The van der Waals surface area contributed by atoms with Gasteiger partial charge in [-0.05, 0) is 25.0 Å². The summed E-state index contributed by atoms with van der Waals surface area (Å²) in [5.74, 6) is 0.634. The minimum atomic E-state index is -3.10. The van der Waals surface area contributed by atoms with E-state index in [2.05, 4.69) is 15.0 Å². The highest BCUT2D eigenvalue weighted by atomic mass is 32.2. The number of nitrogens with zero attached hydrogens (tertiary/aromatic N) is 1. The topological polar surface area (TPSA) is 97.1 Å². The predicted molar refractivity (Wildman–Crippen MR) is 69.3 cm³/mol. The zero-order valence-electron chi connectivity index (χ0n) is 10.0. The van der Waals surface area contributed by atoms with Crippen molar-refractivity contribution < 1.29 is 8.42 Å². The van der Waals surface area contributed by atoms with Crippen molar-refractivity contribution in [3.63, 3.8) is 0 Å². The van der Waals surface area contributed by atoms with Gasteiger partial charge in [0.25, 0.3) is 0 Å². The standard InChI is InChI=1S/C10H18N4O2S/c1-8-6-9(11)10(13-7-8)12-4-3-5-14-17(2,15)16/h6-7,14H,3-5,11H2,1-2H3,(H,12,13). The average molecular weight is 258 g/mol. The van der Waals surface area contributed by atoms with Gasteiger partial charge in [0, 0.05) is 19.3 Å². The minimum Gasteiger partial charge on any atom is -0.396 e. The summed E-state index contributed by atoms with van der Waals surface area (Å²) in [6, 6.07) is 1.84. The van der Waals surface area contributed by atoms with Crippen LogP contribution in [0.3, 0.4) is 0 Å². The Labute approximate surface area is 102 Å². The fourth-order valence-corrected chi connectivity index (χ4v) is 1.81. The van der Waals surface area contributed by atoms with Crippen LogP contribution in [0.1, 0.15) is 12.0 Å². The Morgan fingerprint density at radius 2 is 2.12 bits per heavy atom. The van der Waals surface area contributed by atoms with Crippen LogP contribution in [0, 0.1) is 6.92 Å². The van der Waals surface area contributed by atoms with Crippen LogP contribution in [0.2, 0.25) is 0 Å². The number of nitrogens with two attached hydrogens (primary N) is 1. The van der Waals surface area contributed by atoms with E-state index in [-0.39, 0.29) is 0 Å². The van der Waals surface area contributed by atoms with E-state index in [4.69, 9.17) is 5.73 Å². The maximum atomic E-state index is 10.8. The van der Waals surface area contributed by atoms with Gasteiger partial charge in [-0.25, -0.2) is 18.1 Å². The summed E-state index contributed by atoms with van der Waals surface area (Å²) in [5, 5.41) is 3.06. The fourth-order valence-electron chi connectivity index (χ4n) is 1.29. The van der Waals surface area contributed by atoms with Crippen molar-refractivity contribution >= 4 is 21.5 Å². The molecule has 0 aliphatic carbocycles. The second-order valence-electron chi connectivity index (χ2n) is 3.90. The summed E-state index contributed by atoms with van der Waals surface area (Å²) in [7, 11) is -3.10. The number of aromatic nitrogens is 1. The molecule has 1 aromatic heterocycles. The monoisotopic (exact) mass is 258 g/mol. The van der Waals surface area contributed by atoms with Gasteiger partial charge >= 0.3 is 0 Å². The number of anilines is 2. The largest absolute Gasteiger partial charge is 0.396 e. The molecule has 96 valence electrons. The molecular weight excluding hydrogens is 240 g/mol. The quantitative estimate of drug-likeness (QED) is 0.639. The zero-order chi connectivity index (χ0) is 12.9. The highest BCUT2D eigenvalue weighted by Crippen LogP contribution is 2.15. The lowest BCUT2D eigenvalue weighted by Gasteiger charge is -2.08. The van der Waals surface area contributed by atoms with E-state index < -0.39 is 10.0 Å². The fraction of sp³-hybridized carbons (Fsp3) is 0.500. The Balaban J connectivity index is 2.32. The molecule has 0 fully saturated rings. The SMILES string of the molecule is Cc1cnc(NCCCNS(C)(=O)=O)c(N)c1. The van der Waals surface area contributed by atoms with Gasteiger partial charge in [-0.3, -0.25) is 0 Å². The third-order valence-corrected chi connectivity index (χ3v) is 2.79. The summed E-state index contributed by atoms with van der Waals surface area (Å²) in [6.07, 6.45) is 3.54. The van der Waals surface area contributed by atoms with Gasteiger partial charge in [0.1, 0.15) is 5.82 Å². The molecule has 0 radical (unpaired) electrons. The predicted octanol–water partition coefficient (Wildman–Crippen LogP) is 0.323. The normalized spacial score (nSPS) is 11.4. The Hall–Kier alpha value is -1.34. The first-order chi connectivity index (χ1) is 7.88. The van der Waals surface area contributed by atoms with Crippen LogP contribution in [0.15, 0.2) is 12.3 Å². The lowest BCUT2D eigenvalue weighted by molar-refractivity contribution is 0.586. The van der Waals surface area contributed by atoms with Crippen molar-refractivity contribution in [2.45, 2.75) is 13.3 Å². The van der Waals surface area contributed by atoms with Crippen molar-refractivity contribution in [2.75, 3.05) is 30.4 Å². The molecule has 0 amide bonds. The number of nitrogen functional groups attached to an aromatic ring is 1. The Morgan fingerprint density at radius 3 is 2.71 bits per heavy atom. The van der Waals surface area contributed by atoms with Crippen LogP contribution in [-0.4, -0.2) is 32.7 Å². The van der Waals surface area contributed by atoms with Crippen molar-refractivity contribution in [3.8, 4) is 0 Å². The summed E-state index contributed by atoms with van der Waals surface area (Å²) in [5.41, 5.74) is 7.37. The highest BCUT2D eigenvalue weighted by Gasteiger charge is 2.01. The summed E-state index contributed by atoms with van der Waals surface area (Å²) >= 11 is 0. The van der Waals surface area contributed by atoms with Gasteiger partial charge in [0.05, 0.1) is 11.9 Å². The number of aryl methyl sites for hydroxylation is 1. The molecule has 0 aliphatic heterocycles. The molecule has 6 nitrogen and oxygen atoms in total. The van der Waals surface area contributed by atoms with Crippen LogP contribution in [0.25, 0.3) is 0 Å². The van der Waals surface area contributed by atoms with Crippen LogP contribution in [0.4, 0.5) is 11.5 Å². The van der Waals surface area contributed by atoms with E-state index >= 15 is 0 Å². The van der Waals surface area contributed by atoms with Crippen molar-refractivity contribution in [1.29, 1.82) is 0 Å². The molecule has 0 saturated heterocycles. The maximum absolute atomic E-state index is 10.8. The number of rotatable bonds is 6. The van der Waals surface area contributed by atoms with Crippen molar-refractivity contribution in [1.82, 2.24) is 9.71 Å². The number of pyridine rings is 1. The maximum Gasteiger partial charge on any atom is 0.208 e. The summed E-state index contributed by atoms with van der Waals surface area (Å²) < 4.78 is 24.0. The zero-order valence-corrected chi connectivity index (χ0v) is 10.8. The first kappa shape index (κ1) is 13.7. The molecule has 17 heavy (non-hydrogen) atoms. The molecule has 0 aliphatic rings. The number of hydrogen-bond donors (Lipinski definition) is 3. The van der Waals surface area contributed by atoms with Crippen molar-refractivity contribution in [3.05, 3.63) is 17.8 Å². The van der Waals surface area contributed by atoms with Crippen molar-refractivity contribution in [2.24, 2.45) is 0 Å². The average Bonchev–Trinajstić information content (AvgIpc) is 2.18. The van der Waals surface area contributed by atoms with Gasteiger partial charge in [-0.2, -0.15) is 0 Å². The third-order valence-electron chi connectivity index (χ3n) is 2.06. The number of nitrogens with one attached hydrogen (secondary N) is 2. The van der Waals surface area contributed by atoms with E-state index in [1.807, 2.05) is 13.0 Å². The molecule has 1 heterocycles. The second-order valence-corrected chi connectivity index (χ2v) is 5.73. The molecule has 7 heteroatoms. The van der Waals surface area contributed by atoms with Gasteiger partial charge in [0.15, 0.2) is 0 Å². The minimum absolute atomic E-state index is 0.400. The summed E-state index contributed by atoms with van der Waals surface area (Å²) in [4.78, 5) is 4.15. The third kappa shape index (κ3) is 5.50. The van der Waals surface area contributed by atoms with Crippen LogP contribution < -0.4 is 15.8 Å². The molecule has 1 aromatic rings. The Kier molecular flexibility index (Phi) is 4.71. The molecule has 4 N–H and O–H groups in total. The van der Waals surface area contributed by atoms with Gasteiger partial charge in [-0.15, -0.1) is 0 Å². The Bertz CT molecular complexity index is 473. The second kappa shape index (κ2) is 5.83. The van der Waals surface area contributed by atoms with Gasteiger partial charge < -0.3 is 11.1 Å². The number of hydrogen-bond acceptors (Lipinski definition) is 5. The number of sulfonamides is 1. The van der Waals surface area contributed by atoms with E-state index in [1.165, 1.54) is 0 Å². The smallest absolute Gasteiger partial charge is 0.208 e. The molecule has 0 spiro atoms. The van der Waals surface area contributed by atoms with Crippen LogP contribution in [0.5, 0.6) is 0 Å². The first-order valence-electron chi connectivity index (χ1n) is 5.29. The molecule has 1 rings (SSSR count). The van der Waals surface area contributed by atoms with Gasteiger partial charge in [-0.1, -0.05) is 0 Å². The van der Waals surface area contributed by atoms with Crippen LogP contribution >= 0.6 is 0 Å². The summed E-state index contributed by atoms with van der Waals surface area (Å²) in [6.45, 7) is 2.93. The molecule has 0 aromatic carbocycles.